The summed E-state index contributed by atoms with van der Waals surface area (Å²) in [5.41, 5.74) is 0. The molecule has 86 valence electrons. The number of hydrogen-bond donors (Lipinski definition) is 1. The molecule has 0 bridgehead atoms. The van der Waals surface area contributed by atoms with Crippen molar-refractivity contribution >= 4 is 15.9 Å². The Balaban J connectivity index is 2.50. The maximum Gasteiger partial charge on any atom is 0.175 e. The van der Waals surface area contributed by atoms with Gasteiger partial charge in [0.25, 0.3) is 0 Å². The van der Waals surface area contributed by atoms with E-state index in [2.05, 4.69) is 27.2 Å². The topological polar surface area (TPSA) is 30.5 Å². The third-order valence-corrected chi connectivity index (χ3v) is 2.53. The van der Waals surface area contributed by atoms with Gasteiger partial charge in [-0.15, -0.1) is 6.42 Å². The van der Waals surface area contributed by atoms with Crippen LogP contribution in [-0.4, -0.2) is 26.8 Å². The lowest BCUT2D eigenvalue weighted by atomic mass is 10.3. The highest BCUT2D eigenvalue weighted by Crippen LogP contribution is 2.34. The third-order valence-electron chi connectivity index (χ3n) is 1.90. The highest BCUT2D eigenvalue weighted by molar-refractivity contribution is 9.10. The van der Waals surface area contributed by atoms with Crippen molar-refractivity contribution in [2.75, 3.05) is 26.8 Å². The van der Waals surface area contributed by atoms with Crippen LogP contribution in [0.15, 0.2) is 22.7 Å². The fourth-order valence-electron chi connectivity index (χ4n) is 1.18. The van der Waals surface area contributed by atoms with Crippen LogP contribution in [0.3, 0.4) is 0 Å². The van der Waals surface area contributed by atoms with E-state index >= 15 is 0 Å². The standard InChI is InChI=1S/C12H14BrNO2/c1-3-7-14-8-9-16-12-10(13)5-4-6-11(12)15-2/h1,4-6,14H,7-9H2,2H3. The number of terminal acetylenes is 1. The molecular weight excluding hydrogens is 270 g/mol. The van der Waals surface area contributed by atoms with E-state index in [4.69, 9.17) is 15.9 Å². The molecule has 1 N–H and O–H groups in total. The molecule has 1 aromatic rings. The molecule has 4 heteroatoms. The zero-order valence-corrected chi connectivity index (χ0v) is 10.7. The van der Waals surface area contributed by atoms with Gasteiger partial charge in [-0.05, 0) is 28.1 Å². The quantitative estimate of drug-likeness (QED) is 0.640. The average Bonchev–Trinajstić information content (AvgIpc) is 2.30. The van der Waals surface area contributed by atoms with Crippen LogP contribution in [0.25, 0.3) is 0 Å². The molecule has 1 aromatic carbocycles. The second-order valence-electron chi connectivity index (χ2n) is 3.00. The van der Waals surface area contributed by atoms with E-state index in [-0.39, 0.29) is 0 Å². The van der Waals surface area contributed by atoms with Gasteiger partial charge in [-0.25, -0.2) is 0 Å². The van der Waals surface area contributed by atoms with E-state index in [1.165, 1.54) is 0 Å². The first-order chi connectivity index (χ1) is 7.79. The lowest BCUT2D eigenvalue weighted by molar-refractivity contribution is 0.292. The monoisotopic (exact) mass is 283 g/mol. The van der Waals surface area contributed by atoms with Gasteiger partial charge in [0.15, 0.2) is 11.5 Å². The number of rotatable bonds is 6. The molecule has 0 spiro atoms. The molecule has 0 aliphatic rings. The van der Waals surface area contributed by atoms with Crippen LogP contribution >= 0.6 is 15.9 Å². The zero-order valence-electron chi connectivity index (χ0n) is 9.13. The summed E-state index contributed by atoms with van der Waals surface area (Å²) in [5, 5.41) is 3.05. The van der Waals surface area contributed by atoms with Gasteiger partial charge in [0, 0.05) is 6.54 Å². The average molecular weight is 284 g/mol. The minimum atomic E-state index is 0.542. The van der Waals surface area contributed by atoms with E-state index in [0.29, 0.717) is 31.2 Å². The molecule has 0 saturated carbocycles. The van der Waals surface area contributed by atoms with Crippen molar-refractivity contribution in [1.82, 2.24) is 5.32 Å². The smallest absolute Gasteiger partial charge is 0.175 e. The van der Waals surface area contributed by atoms with Crippen LogP contribution in [-0.2, 0) is 0 Å². The van der Waals surface area contributed by atoms with E-state index in [1.54, 1.807) is 7.11 Å². The van der Waals surface area contributed by atoms with Gasteiger partial charge in [-0.3, -0.25) is 0 Å². The Morgan fingerprint density at radius 2 is 2.31 bits per heavy atom. The molecule has 16 heavy (non-hydrogen) atoms. The molecule has 3 nitrogen and oxygen atoms in total. The Morgan fingerprint density at radius 3 is 3.00 bits per heavy atom. The predicted molar refractivity (Wildman–Crippen MR) is 67.9 cm³/mol. The summed E-state index contributed by atoms with van der Waals surface area (Å²) in [7, 11) is 1.62. The first kappa shape index (κ1) is 12.9. The van der Waals surface area contributed by atoms with Crippen molar-refractivity contribution in [1.29, 1.82) is 0 Å². The summed E-state index contributed by atoms with van der Waals surface area (Å²) in [4.78, 5) is 0. The second-order valence-corrected chi connectivity index (χ2v) is 3.85. The third kappa shape index (κ3) is 3.76. The molecule has 0 amide bonds. The molecule has 1 rings (SSSR count). The van der Waals surface area contributed by atoms with Crippen molar-refractivity contribution in [3.63, 3.8) is 0 Å². The Morgan fingerprint density at radius 1 is 1.50 bits per heavy atom. The van der Waals surface area contributed by atoms with Crippen LogP contribution in [0.1, 0.15) is 0 Å². The van der Waals surface area contributed by atoms with E-state index in [0.717, 1.165) is 4.47 Å². The highest BCUT2D eigenvalue weighted by atomic mass is 79.9. The summed E-state index contributed by atoms with van der Waals surface area (Å²) >= 11 is 3.41. The number of methoxy groups -OCH3 is 1. The molecule has 0 saturated heterocycles. The molecule has 0 aliphatic heterocycles. The Bertz CT molecular complexity index is 374. The minimum absolute atomic E-state index is 0.542. The van der Waals surface area contributed by atoms with Crippen molar-refractivity contribution in [2.45, 2.75) is 0 Å². The summed E-state index contributed by atoms with van der Waals surface area (Å²) in [6, 6.07) is 5.66. The van der Waals surface area contributed by atoms with Crippen LogP contribution in [0, 0.1) is 12.3 Å². The largest absolute Gasteiger partial charge is 0.493 e. The summed E-state index contributed by atoms with van der Waals surface area (Å²) in [6.07, 6.45) is 5.11. The Hall–Kier alpha value is -1.18. The van der Waals surface area contributed by atoms with Crippen molar-refractivity contribution < 1.29 is 9.47 Å². The summed E-state index contributed by atoms with van der Waals surface area (Å²) in [6.45, 7) is 1.80. The van der Waals surface area contributed by atoms with Gasteiger partial charge in [0.1, 0.15) is 6.61 Å². The first-order valence-electron chi connectivity index (χ1n) is 4.89. The molecule has 0 radical (unpaired) electrons. The second kappa shape index (κ2) is 7.15. The molecule has 0 heterocycles. The zero-order chi connectivity index (χ0) is 11.8. The lowest BCUT2D eigenvalue weighted by Gasteiger charge is -2.12. The van der Waals surface area contributed by atoms with Crippen LogP contribution in [0.2, 0.25) is 0 Å². The van der Waals surface area contributed by atoms with E-state index in [1.807, 2.05) is 18.2 Å². The lowest BCUT2D eigenvalue weighted by Crippen LogP contribution is -2.21. The number of benzene rings is 1. The first-order valence-corrected chi connectivity index (χ1v) is 5.68. The molecule has 0 unspecified atom stereocenters. The van der Waals surface area contributed by atoms with Crippen LogP contribution in [0.5, 0.6) is 11.5 Å². The van der Waals surface area contributed by atoms with Gasteiger partial charge < -0.3 is 14.8 Å². The summed E-state index contributed by atoms with van der Waals surface area (Å²) < 4.78 is 11.7. The minimum Gasteiger partial charge on any atom is -0.493 e. The molecule has 0 atom stereocenters. The van der Waals surface area contributed by atoms with Gasteiger partial charge in [-0.1, -0.05) is 12.0 Å². The Labute approximate surface area is 104 Å². The van der Waals surface area contributed by atoms with Crippen molar-refractivity contribution in [3.05, 3.63) is 22.7 Å². The van der Waals surface area contributed by atoms with Crippen molar-refractivity contribution in [2.24, 2.45) is 0 Å². The maximum atomic E-state index is 5.60. The van der Waals surface area contributed by atoms with E-state index in [9.17, 15) is 0 Å². The van der Waals surface area contributed by atoms with Gasteiger partial charge in [0.05, 0.1) is 18.1 Å². The predicted octanol–water partition coefficient (Wildman–Crippen LogP) is 2.06. The fourth-order valence-corrected chi connectivity index (χ4v) is 1.64. The SMILES string of the molecule is C#CCNCCOc1c(Br)cccc1OC. The molecular formula is C12H14BrNO2. The molecule has 0 fully saturated rings. The highest BCUT2D eigenvalue weighted by Gasteiger charge is 2.07. The fraction of sp³-hybridized carbons (Fsp3) is 0.333. The van der Waals surface area contributed by atoms with Crippen molar-refractivity contribution in [3.8, 4) is 23.8 Å². The Kier molecular flexibility index (Phi) is 5.76. The van der Waals surface area contributed by atoms with Crippen LogP contribution < -0.4 is 14.8 Å². The summed E-state index contributed by atoms with van der Waals surface area (Å²) in [5.74, 6) is 3.93. The molecule has 0 aromatic heterocycles. The number of para-hydroxylation sites is 1. The van der Waals surface area contributed by atoms with Gasteiger partial charge >= 0.3 is 0 Å². The van der Waals surface area contributed by atoms with Gasteiger partial charge in [0.2, 0.25) is 0 Å². The van der Waals surface area contributed by atoms with E-state index < -0.39 is 0 Å². The number of halogens is 1. The number of nitrogens with one attached hydrogen (secondary N) is 1. The van der Waals surface area contributed by atoms with Gasteiger partial charge in [-0.2, -0.15) is 0 Å². The van der Waals surface area contributed by atoms with Crippen LogP contribution in [0.4, 0.5) is 0 Å². The normalized spacial score (nSPS) is 9.56. The molecule has 0 aliphatic carbocycles. The maximum absolute atomic E-state index is 5.60. The number of hydrogen-bond acceptors (Lipinski definition) is 3. The number of ether oxygens (including phenoxy) is 2.